The number of allylic oxidation sites excluding steroid dienone is 1. The first-order valence-electron chi connectivity index (χ1n) is 12.9. The Morgan fingerprint density at radius 2 is 1.85 bits per heavy atom. The Morgan fingerprint density at radius 3 is 2.62 bits per heavy atom. The largest absolute Gasteiger partial charge is 0.489 e. The van der Waals surface area contributed by atoms with Crippen LogP contribution in [0.15, 0.2) is 93.9 Å². The van der Waals surface area contributed by atoms with Gasteiger partial charge in [-0.1, -0.05) is 59.9 Å². The third-order valence-electron chi connectivity index (χ3n) is 6.66. The average molecular weight is 555 g/mol. The molecule has 4 aromatic rings. The molecule has 0 radical (unpaired) electrons. The number of rotatable bonds is 7. The lowest BCUT2D eigenvalue weighted by Gasteiger charge is -2.24. The maximum absolute atomic E-state index is 13.8. The minimum Gasteiger partial charge on any atom is -0.489 e. The smallest absolute Gasteiger partial charge is 0.338 e. The summed E-state index contributed by atoms with van der Waals surface area (Å²) < 4.78 is 24.4. The normalized spacial score (nSPS) is 15.9. The van der Waals surface area contributed by atoms with Crippen molar-refractivity contribution in [3.63, 3.8) is 0 Å². The predicted octanol–water partition coefficient (Wildman–Crippen LogP) is 4.11. The van der Waals surface area contributed by atoms with Crippen LogP contribution in [-0.2, 0) is 16.1 Å². The molecule has 8 nitrogen and oxygen atoms in total. The fourth-order valence-electron chi connectivity index (χ4n) is 4.74. The number of carbonyl (C=O) groups is 1. The van der Waals surface area contributed by atoms with Crippen molar-refractivity contribution in [2.75, 3.05) is 13.4 Å². The zero-order valence-corrected chi connectivity index (χ0v) is 22.8. The monoisotopic (exact) mass is 554 g/mol. The van der Waals surface area contributed by atoms with Gasteiger partial charge in [0.05, 0.1) is 28.5 Å². The molecule has 40 heavy (non-hydrogen) atoms. The summed E-state index contributed by atoms with van der Waals surface area (Å²) in [6.07, 6.45) is 1.82. The van der Waals surface area contributed by atoms with Crippen LogP contribution >= 0.6 is 11.3 Å². The van der Waals surface area contributed by atoms with E-state index in [2.05, 4.69) is 4.99 Å². The number of aromatic nitrogens is 1. The van der Waals surface area contributed by atoms with Crippen LogP contribution < -0.4 is 29.1 Å². The number of benzene rings is 3. The number of nitrogens with zero attached hydrogens (tertiary/aromatic N) is 2. The van der Waals surface area contributed by atoms with Crippen LogP contribution in [0.25, 0.3) is 6.08 Å². The van der Waals surface area contributed by atoms with E-state index in [0.717, 1.165) is 16.9 Å². The maximum Gasteiger partial charge on any atom is 0.338 e. The Balaban J connectivity index is 1.37. The Bertz CT molecular complexity index is 1790. The Kier molecular flexibility index (Phi) is 6.96. The van der Waals surface area contributed by atoms with Gasteiger partial charge >= 0.3 is 5.97 Å². The molecular formula is C31H26N2O6S. The van der Waals surface area contributed by atoms with Crippen molar-refractivity contribution in [2.45, 2.75) is 26.5 Å². The number of carbonyl (C=O) groups excluding carboxylic acids is 1. The highest BCUT2D eigenvalue weighted by atomic mass is 32.1. The van der Waals surface area contributed by atoms with E-state index < -0.39 is 12.0 Å². The van der Waals surface area contributed by atoms with Crippen molar-refractivity contribution in [2.24, 2.45) is 4.99 Å². The zero-order chi connectivity index (χ0) is 27.6. The molecule has 1 unspecified atom stereocenters. The van der Waals surface area contributed by atoms with Gasteiger partial charge in [0.2, 0.25) is 6.79 Å². The summed E-state index contributed by atoms with van der Waals surface area (Å²) in [6, 6.07) is 22.2. The Hall–Kier alpha value is -4.63. The van der Waals surface area contributed by atoms with Crippen molar-refractivity contribution >= 4 is 23.4 Å². The second-order valence-electron chi connectivity index (χ2n) is 9.26. The summed E-state index contributed by atoms with van der Waals surface area (Å²) in [7, 11) is 0. The number of thiazole rings is 1. The zero-order valence-electron chi connectivity index (χ0n) is 22.0. The fourth-order valence-corrected chi connectivity index (χ4v) is 5.79. The molecule has 202 valence electrons. The van der Waals surface area contributed by atoms with Gasteiger partial charge in [0, 0.05) is 0 Å². The molecule has 3 aromatic carbocycles. The molecule has 0 amide bonds. The molecule has 6 rings (SSSR count). The van der Waals surface area contributed by atoms with Crippen molar-refractivity contribution < 1.29 is 23.7 Å². The number of ether oxygens (including phenoxy) is 4. The van der Waals surface area contributed by atoms with Gasteiger partial charge in [-0.05, 0) is 60.9 Å². The molecule has 0 saturated carbocycles. The van der Waals surface area contributed by atoms with Crippen LogP contribution in [0.1, 0.15) is 36.6 Å². The Labute approximate surface area is 234 Å². The molecule has 0 saturated heterocycles. The number of hydrogen-bond donors (Lipinski definition) is 0. The van der Waals surface area contributed by atoms with E-state index in [4.69, 9.17) is 18.9 Å². The van der Waals surface area contributed by atoms with Gasteiger partial charge in [0.15, 0.2) is 16.3 Å². The van der Waals surface area contributed by atoms with Gasteiger partial charge in [-0.25, -0.2) is 9.79 Å². The molecule has 0 bridgehead atoms. The highest BCUT2D eigenvalue weighted by Gasteiger charge is 2.34. The van der Waals surface area contributed by atoms with Crippen LogP contribution in [0.5, 0.6) is 17.2 Å². The molecule has 1 aromatic heterocycles. The van der Waals surface area contributed by atoms with Gasteiger partial charge in [-0.2, -0.15) is 0 Å². The summed E-state index contributed by atoms with van der Waals surface area (Å²) in [4.78, 5) is 32.1. The van der Waals surface area contributed by atoms with Crippen molar-refractivity contribution in [3.05, 3.63) is 120 Å². The van der Waals surface area contributed by atoms with Gasteiger partial charge < -0.3 is 18.9 Å². The lowest BCUT2D eigenvalue weighted by atomic mass is 9.95. The Morgan fingerprint density at radius 1 is 1.07 bits per heavy atom. The maximum atomic E-state index is 13.8. The number of fused-ring (bicyclic) bond motifs is 2. The first-order chi connectivity index (χ1) is 19.5. The van der Waals surface area contributed by atoms with Crippen LogP contribution in [-0.4, -0.2) is 23.9 Å². The fraction of sp³-hybridized carbons (Fsp3) is 0.194. The second-order valence-corrected chi connectivity index (χ2v) is 10.3. The molecule has 0 fully saturated rings. The van der Waals surface area contributed by atoms with Crippen molar-refractivity contribution in [1.82, 2.24) is 4.57 Å². The van der Waals surface area contributed by atoms with Gasteiger partial charge in [0.25, 0.3) is 5.56 Å². The van der Waals surface area contributed by atoms with Crippen LogP contribution in [0.3, 0.4) is 0 Å². The molecule has 0 aliphatic carbocycles. The van der Waals surface area contributed by atoms with Gasteiger partial charge in [-0.3, -0.25) is 9.36 Å². The first kappa shape index (κ1) is 25.6. The van der Waals surface area contributed by atoms with Crippen LogP contribution in [0.2, 0.25) is 0 Å². The highest BCUT2D eigenvalue weighted by molar-refractivity contribution is 7.07. The summed E-state index contributed by atoms with van der Waals surface area (Å²) in [6.45, 7) is 4.31. The van der Waals surface area contributed by atoms with E-state index in [0.29, 0.717) is 44.3 Å². The SMILES string of the molecule is CCOC(=O)C1=C(C)N=c2s/c(=C\c3ccc(OCc4ccccc4)cc3)c(=O)n2C1c1ccc2c(c1)OCO2. The number of hydrogen-bond acceptors (Lipinski definition) is 8. The number of esters is 1. The van der Waals surface area contributed by atoms with Gasteiger partial charge in [-0.15, -0.1) is 0 Å². The molecule has 0 spiro atoms. The lowest BCUT2D eigenvalue weighted by molar-refractivity contribution is -0.139. The average Bonchev–Trinajstić information content (AvgIpc) is 3.56. The van der Waals surface area contributed by atoms with E-state index in [1.807, 2.05) is 66.7 Å². The van der Waals surface area contributed by atoms with Crippen molar-refractivity contribution in [1.29, 1.82) is 0 Å². The molecule has 1 atom stereocenters. The third kappa shape index (κ3) is 4.91. The minimum absolute atomic E-state index is 0.122. The van der Waals surface area contributed by atoms with Crippen LogP contribution in [0, 0.1) is 0 Å². The second kappa shape index (κ2) is 10.9. The third-order valence-corrected chi connectivity index (χ3v) is 7.64. The van der Waals surface area contributed by atoms with Crippen molar-refractivity contribution in [3.8, 4) is 17.2 Å². The van der Waals surface area contributed by atoms with Gasteiger partial charge in [0.1, 0.15) is 12.4 Å². The van der Waals surface area contributed by atoms with E-state index in [1.54, 1.807) is 30.5 Å². The molecule has 0 N–H and O–H groups in total. The quantitative estimate of drug-likeness (QED) is 0.320. The standard InChI is InChI=1S/C31H26N2O6S/c1-3-36-30(35)27-19(2)32-31-33(28(27)22-11-14-24-25(16-22)39-18-38-24)29(34)26(40-31)15-20-9-12-23(13-10-20)37-17-21-7-5-4-6-8-21/h4-16,28H,3,17-18H2,1-2H3/b26-15-. The van der Waals surface area contributed by atoms with E-state index in [1.165, 1.54) is 11.3 Å². The topological polar surface area (TPSA) is 88.4 Å². The minimum atomic E-state index is -0.722. The molecule has 2 aliphatic heterocycles. The summed E-state index contributed by atoms with van der Waals surface area (Å²) in [5.41, 5.74) is 3.22. The molecule has 9 heteroatoms. The lowest BCUT2D eigenvalue weighted by Crippen LogP contribution is -2.39. The summed E-state index contributed by atoms with van der Waals surface area (Å²) in [5, 5.41) is 0. The summed E-state index contributed by atoms with van der Waals surface area (Å²) >= 11 is 1.28. The van der Waals surface area contributed by atoms with E-state index in [9.17, 15) is 9.59 Å². The summed E-state index contributed by atoms with van der Waals surface area (Å²) in [5.74, 6) is 1.41. The first-order valence-corrected chi connectivity index (χ1v) is 13.7. The van der Waals surface area contributed by atoms with Crippen LogP contribution in [0.4, 0.5) is 0 Å². The molecular weight excluding hydrogens is 528 g/mol. The molecule has 3 heterocycles. The van der Waals surface area contributed by atoms with E-state index in [-0.39, 0.29) is 19.0 Å². The predicted molar refractivity (Wildman–Crippen MR) is 150 cm³/mol. The van der Waals surface area contributed by atoms with E-state index >= 15 is 0 Å². The molecule has 2 aliphatic rings. The highest BCUT2D eigenvalue weighted by Crippen LogP contribution is 2.38.